The van der Waals surface area contributed by atoms with Crippen molar-refractivity contribution in [1.82, 2.24) is 14.9 Å². The third-order valence-corrected chi connectivity index (χ3v) is 4.77. The number of methoxy groups -OCH3 is 2. The molecule has 3 rings (SSSR count). The lowest BCUT2D eigenvalue weighted by atomic mass is 10.0. The van der Waals surface area contributed by atoms with Gasteiger partial charge in [0.25, 0.3) is 0 Å². The highest BCUT2D eigenvalue weighted by Gasteiger charge is 2.20. The molecule has 5 nitrogen and oxygen atoms in total. The normalized spacial score (nSPS) is 12.0. The Morgan fingerprint density at radius 1 is 1.00 bits per heavy atom. The Morgan fingerprint density at radius 3 is 2.15 bits per heavy atom. The second-order valence-corrected chi connectivity index (χ2v) is 6.53. The van der Waals surface area contributed by atoms with Gasteiger partial charge in [-0.25, -0.2) is 4.98 Å². The molecule has 1 N–H and O–H groups in total. The highest BCUT2D eigenvalue weighted by Crippen LogP contribution is 2.29. The molecule has 3 aromatic rings. The topological polar surface area (TPSA) is 48.3 Å². The number of nitrogens with one attached hydrogen (secondary N) is 1. The predicted octanol–water partition coefficient (Wildman–Crippen LogP) is 3.88. The molecule has 0 spiro atoms. The first-order valence-electron chi connectivity index (χ1n) is 9.16. The molecule has 0 fully saturated rings. The van der Waals surface area contributed by atoms with Gasteiger partial charge in [-0.2, -0.15) is 0 Å². The third-order valence-electron chi connectivity index (χ3n) is 4.77. The number of benzene rings is 2. The number of ether oxygens (including phenoxy) is 2. The smallest absolute Gasteiger partial charge is 0.130 e. The molecule has 2 aromatic carbocycles. The first kappa shape index (κ1) is 19.0. The lowest BCUT2D eigenvalue weighted by Crippen LogP contribution is -2.25. The lowest BCUT2D eigenvalue weighted by molar-refractivity contribution is 0.392. The van der Waals surface area contributed by atoms with Crippen LogP contribution in [0.1, 0.15) is 35.5 Å². The van der Waals surface area contributed by atoms with Crippen LogP contribution in [-0.2, 0) is 20.0 Å². The second kappa shape index (κ2) is 8.73. The van der Waals surface area contributed by atoms with Crippen molar-refractivity contribution in [3.05, 3.63) is 77.4 Å². The van der Waals surface area contributed by atoms with Gasteiger partial charge in [0.15, 0.2) is 0 Å². The van der Waals surface area contributed by atoms with Gasteiger partial charge in [0, 0.05) is 32.1 Å². The Bertz CT molecular complexity index is 849. The van der Waals surface area contributed by atoms with Crippen LogP contribution in [0.4, 0.5) is 0 Å². The van der Waals surface area contributed by atoms with Crippen molar-refractivity contribution in [1.29, 1.82) is 0 Å². The van der Waals surface area contributed by atoms with E-state index in [1.54, 1.807) is 14.2 Å². The fourth-order valence-corrected chi connectivity index (χ4v) is 3.12. The zero-order chi connectivity index (χ0) is 19.2. The maximum atomic E-state index is 5.45. The van der Waals surface area contributed by atoms with Crippen LogP contribution in [0.2, 0.25) is 0 Å². The summed E-state index contributed by atoms with van der Waals surface area (Å²) >= 11 is 0. The molecule has 0 saturated heterocycles. The van der Waals surface area contributed by atoms with Gasteiger partial charge in [0.2, 0.25) is 0 Å². The van der Waals surface area contributed by atoms with Gasteiger partial charge in [-0.15, -0.1) is 0 Å². The zero-order valence-corrected chi connectivity index (χ0v) is 16.4. The van der Waals surface area contributed by atoms with Crippen LogP contribution in [0.25, 0.3) is 0 Å². The lowest BCUT2D eigenvalue weighted by Gasteiger charge is -2.21. The van der Waals surface area contributed by atoms with Crippen LogP contribution in [0.5, 0.6) is 11.5 Å². The Hall–Kier alpha value is -2.79. The van der Waals surface area contributed by atoms with Gasteiger partial charge in [-0.05, 0) is 35.2 Å². The maximum absolute atomic E-state index is 5.45. The van der Waals surface area contributed by atoms with Crippen LogP contribution in [0, 0.1) is 0 Å². The molecule has 27 heavy (non-hydrogen) atoms. The van der Waals surface area contributed by atoms with Crippen molar-refractivity contribution in [3.8, 4) is 11.5 Å². The molecule has 0 aliphatic carbocycles. The Labute approximate surface area is 161 Å². The summed E-state index contributed by atoms with van der Waals surface area (Å²) in [4.78, 5) is 4.56. The van der Waals surface area contributed by atoms with E-state index in [0.29, 0.717) is 0 Å². The largest absolute Gasteiger partial charge is 0.497 e. The average molecular weight is 365 g/mol. The fraction of sp³-hybridized carbons (Fsp3) is 0.318. The molecule has 0 bridgehead atoms. The number of nitrogens with zero attached hydrogens (tertiary/aromatic N) is 2. The summed E-state index contributed by atoms with van der Waals surface area (Å²) in [5.41, 5.74) is 3.63. The van der Waals surface area contributed by atoms with E-state index in [2.05, 4.69) is 41.5 Å². The van der Waals surface area contributed by atoms with Crippen molar-refractivity contribution >= 4 is 0 Å². The van der Waals surface area contributed by atoms with Crippen LogP contribution in [0.15, 0.2) is 54.9 Å². The van der Waals surface area contributed by atoms with Gasteiger partial charge >= 0.3 is 0 Å². The van der Waals surface area contributed by atoms with Crippen molar-refractivity contribution < 1.29 is 9.47 Å². The van der Waals surface area contributed by atoms with Crippen molar-refractivity contribution in [2.75, 3.05) is 14.2 Å². The number of rotatable bonds is 8. The summed E-state index contributed by atoms with van der Waals surface area (Å²) in [5, 5.41) is 3.64. The summed E-state index contributed by atoms with van der Waals surface area (Å²) in [5.74, 6) is 2.46. The zero-order valence-electron chi connectivity index (χ0n) is 16.4. The minimum Gasteiger partial charge on any atom is -0.497 e. The second-order valence-electron chi connectivity index (χ2n) is 6.53. The van der Waals surface area contributed by atoms with Gasteiger partial charge in [0.05, 0.1) is 20.3 Å². The van der Waals surface area contributed by atoms with Crippen LogP contribution in [-0.4, -0.2) is 23.8 Å². The first-order chi connectivity index (χ1) is 13.1. The fourth-order valence-electron chi connectivity index (χ4n) is 3.12. The molecule has 142 valence electrons. The highest BCUT2D eigenvalue weighted by molar-refractivity contribution is 5.41. The first-order valence-corrected chi connectivity index (χ1v) is 9.16. The maximum Gasteiger partial charge on any atom is 0.130 e. The minimum atomic E-state index is -0.0835. The monoisotopic (exact) mass is 365 g/mol. The summed E-state index contributed by atoms with van der Waals surface area (Å²) in [6, 6.07) is 14.6. The van der Waals surface area contributed by atoms with E-state index in [9.17, 15) is 0 Å². The molecular formula is C22H27N3O2. The number of hydrogen-bond acceptors (Lipinski definition) is 4. The van der Waals surface area contributed by atoms with Crippen molar-refractivity contribution in [2.24, 2.45) is 7.05 Å². The van der Waals surface area contributed by atoms with Gasteiger partial charge < -0.3 is 14.0 Å². The minimum absolute atomic E-state index is 0.0835. The van der Waals surface area contributed by atoms with E-state index in [4.69, 9.17) is 9.47 Å². The van der Waals surface area contributed by atoms with E-state index in [1.165, 1.54) is 11.1 Å². The van der Waals surface area contributed by atoms with Gasteiger partial charge in [0.1, 0.15) is 17.3 Å². The van der Waals surface area contributed by atoms with Crippen molar-refractivity contribution in [3.63, 3.8) is 0 Å². The molecule has 1 heterocycles. The Balaban J connectivity index is 1.91. The summed E-state index contributed by atoms with van der Waals surface area (Å²) in [7, 11) is 5.33. The Morgan fingerprint density at radius 2 is 1.63 bits per heavy atom. The van der Waals surface area contributed by atoms with Crippen LogP contribution < -0.4 is 14.8 Å². The van der Waals surface area contributed by atoms with Gasteiger partial charge in [-0.1, -0.05) is 31.2 Å². The molecule has 0 aliphatic heterocycles. The number of aryl methyl sites for hydroxylation is 2. The molecule has 0 aliphatic rings. The molecule has 5 heteroatoms. The molecule has 0 amide bonds. The van der Waals surface area contributed by atoms with Crippen molar-refractivity contribution in [2.45, 2.75) is 25.9 Å². The quantitative estimate of drug-likeness (QED) is 0.658. The molecule has 1 atom stereocenters. The molecule has 1 unspecified atom stereocenters. The average Bonchev–Trinajstić information content (AvgIpc) is 3.14. The van der Waals surface area contributed by atoms with E-state index in [-0.39, 0.29) is 6.04 Å². The molecular weight excluding hydrogens is 338 g/mol. The third kappa shape index (κ3) is 4.49. The van der Waals surface area contributed by atoms with E-state index >= 15 is 0 Å². The van der Waals surface area contributed by atoms with E-state index in [0.717, 1.165) is 35.9 Å². The number of hydrogen-bond donors (Lipinski definition) is 1. The number of imidazole rings is 1. The Kier molecular flexibility index (Phi) is 6.14. The standard InChI is InChI=1S/C22H27N3O2/c1-5-16-6-8-17(9-7-16)15-24-21(22-23-10-11-25(22)2)18-12-19(26-3)14-20(13-18)27-4/h6-14,21,24H,5,15H2,1-4H3. The molecule has 1 aromatic heterocycles. The van der Waals surface area contributed by atoms with Crippen LogP contribution in [0.3, 0.4) is 0 Å². The summed E-state index contributed by atoms with van der Waals surface area (Å²) in [6.07, 6.45) is 4.82. The molecule has 0 saturated carbocycles. The number of aromatic nitrogens is 2. The van der Waals surface area contributed by atoms with E-state index in [1.807, 2.05) is 42.2 Å². The van der Waals surface area contributed by atoms with Crippen LogP contribution >= 0.6 is 0 Å². The summed E-state index contributed by atoms with van der Waals surface area (Å²) in [6.45, 7) is 2.90. The predicted molar refractivity (Wildman–Crippen MR) is 107 cm³/mol. The highest BCUT2D eigenvalue weighted by atomic mass is 16.5. The summed E-state index contributed by atoms with van der Waals surface area (Å²) < 4.78 is 12.9. The van der Waals surface area contributed by atoms with E-state index < -0.39 is 0 Å². The SMILES string of the molecule is CCc1ccc(CNC(c2cc(OC)cc(OC)c2)c2nccn2C)cc1. The molecule has 0 radical (unpaired) electrons. The van der Waals surface area contributed by atoms with Gasteiger partial charge in [-0.3, -0.25) is 5.32 Å².